The van der Waals surface area contributed by atoms with Crippen molar-refractivity contribution in [2.45, 2.75) is 45.4 Å². The average Bonchev–Trinajstić information content (AvgIpc) is 2.14. The van der Waals surface area contributed by atoms with Gasteiger partial charge in [-0.3, -0.25) is 4.79 Å². The molecule has 0 unspecified atom stereocenters. The summed E-state index contributed by atoms with van der Waals surface area (Å²) in [5, 5.41) is 9.24. The maximum Gasteiger partial charge on any atom is 0.306 e. The molecule has 4 aliphatic rings. The highest BCUT2D eigenvalue weighted by atomic mass is 16.4. The molecule has 0 saturated heterocycles. The van der Waals surface area contributed by atoms with Gasteiger partial charge < -0.3 is 5.11 Å². The van der Waals surface area contributed by atoms with Crippen molar-refractivity contribution in [2.75, 3.05) is 0 Å². The molecule has 1 atom stereocenters. The molecule has 0 aromatic heterocycles. The van der Waals surface area contributed by atoms with Gasteiger partial charge in [0.2, 0.25) is 0 Å². The van der Waals surface area contributed by atoms with Crippen molar-refractivity contribution in [3.63, 3.8) is 0 Å². The number of hydrogen-bond acceptors (Lipinski definition) is 1. The molecule has 4 aliphatic carbocycles. The summed E-state index contributed by atoms with van der Waals surface area (Å²) in [6.07, 6.45) is 7.79. The monoisotopic (exact) mass is 208 g/mol. The summed E-state index contributed by atoms with van der Waals surface area (Å²) in [6.45, 7) is 1.94. The Kier molecular flexibility index (Phi) is 1.93. The highest BCUT2D eigenvalue weighted by molar-refractivity contribution is 5.70. The molecule has 0 spiro atoms. The fraction of sp³-hybridized carbons (Fsp3) is 0.923. The topological polar surface area (TPSA) is 37.3 Å². The van der Waals surface area contributed by atoms with E-state index < -0.39 is 5.97 Å². The molecule has 1 N–H and O–H groups in total. The van der Waals surface area contributed by atoms with Gasteiger partial charge in [-0.1, -0.05) is 6.92 Å². The van der Waals surface area contributed by atoms with Gasteiger partial charge in [-0.25, -0.2) is 0 Å². The zero-order valence-corrected chi connectivity index (χ0v) is 9.41. The Hall–Kier alpha value is -0.530. The fourth-order valence-electron chi connectivity index (χ4n) is 4.97. The van der Waals surface area contributed by atoms with Gasteiger partial charge in [-0.2, -0.15) is 0 Å². The molecule has 4 fully saturated rings. The Labute approximate surface area is 91.1 Å². The first kappa shape index (κ1) is 9.68. The molecular weight excluding hydrogens is 188 g/mol. The van der Waals surface area contributed by atoms with Crippen LogP contribution in [0.15, 0.2) is 0 Å². The van der Waals surface area contributed by atoms with Gasteiger partial charge in [0.1, 0.15) is 0 Å². The summed E-state index contributed by atoms with van der Waals surface area (Å²) in [7, 11) is 0. The second kappa shape index (κ2) is 2.99. The lowest BCUT2D eigenvalue weighted by atomic mass is 9.46. The molecule has 4 rings (SSSR count). The van der Waals surface area contributed by atoms with E-state index in [1.54, 1.807) is 0 Å². The van der Waals surface area contributed by atoms with Gasteiger partial charge in [-0.05, 0) is 61.7 Å². The first-order valence-electron chi connectivity index (χ1n) is 6.32. The van der Waals surface area contributed by atoms with E-state index in [2.05, 4.69) is 0 Å². The van der Waals surface area contributed by atoms with Gasteiger partial charge in [0.25, 0.3) is 0 Å². The summed E-state index contributed by atoms with van der Waals surface area (Å²) in [6, 6.07) is 0. The summed E-state index contributed by atoms with van der Waals surface area (Å²) in [5.41, 5.74) is 0.181. The van der Waals surface area contributed by atoms with Crippen LogP contribution in [0.3, 0.4) is 0 Å². The zero-order chi connectivity index (χ0) is 10.6. The van der Waals surface area contributed by atoms with Crippen molar-refractivity contribution in [2.24, 2.45) is 29.1 Å². The van der Waals surface area contributed by atoms with Crippen molar-refractivity contribution in [3.8, 4) is 0 Å². The first-order valence-corrected chi connectivity index (χ1v) is 6.32. The Morgan fingerprint density at radius 3 is 1.87 bits per heavy atom. The van der Waals surface area contributed by atoms with Crippen molar-refractivity contribution >= 4 is 5.97 Å². The van der Waals surface area contributed by atoms with E-state index in [0.29, 0.717) is 0 Å². The second-order valence-corrected chi connectivity index (χ2v) is 6.34. The van der Waals surface area contributed by atoms with E-state index in [1.165, 1.54) is 38.5 Å². The van der Waals surface area contributed by atoms with Crippen LogP contribution in [0.1, 0.15) is 45.4 Å². The number of hydrogen-bond donors (Lipinski definition) is 1. The SMILES string of the molecule is C[C@H](C(=O)O)C12CC3CC(CC(C3)C1)C2. The number of carboxylic acids is 1. The van der Waals surface area contributed by atoms with E-state index in [-0.39, 0.29) is 11.3 Å². The minimum Gasteiger partial charge on any atom is -0.481 e. The molecule has 0 amide bonds. The maximum absolute atomic E-state index is 11.2. The normalized spacial score (nSPS) is 49.3. The summed E-state index contributed by atoms with van der Waals surface area (Å²) in [5.74, 6) is 1.89. The number of carbonyl (C=O) groups is 1. The molecule has 15 heavy (non-hydrogen) atoms. The predicted octanol–water partition coefficient (Wildman–Crippen LogP) is 2.92. The molecule has 0 aliphatic heterocycles. The highest BCUT2D eigenvalue weighted by Gasteiger charge is 2.54. The lowest BCUT2D eigenvalue weighted by Gasteiger charge is -2.58. The third kappa shape index (κ3) is 1.33. The molecular formula is C13H20O2. The van der Waals surface area contributed by atoms with Crippen LogP contribution in [0.5, 0.6) is 0 Å². The van der Waals surface area contributed by atoms with Crippen molar-refractivity contribution < 1.29 is 9.90 Å². The van der Waals surface area contributed by atoms with Crippen LogP contribution in [0.2, 0.25) is 0 Å². The van der Waals surface area contributed by atoms with Crippen LogP contribution in [-0.2, 0) is 4.79 Å². The Morgan fingerprint density at radius 2 is 1.53 bits per heavy atom. The maximum atomic E-state index is 11.2. The highest BCUT2D eigenvalue weighted by Crippen LogP contribution is 2.62. The van der Waals surface area contributed by atoms with E-state index >= 15 is 0 Å². The molecule has 2 nitrogen and oxygen atoms in total. The Morgan fingerprint density at radius 1 is 1.13 bits per heavy atom. The summed E-state index contributed by atoms with van der Waals surface area (Å²) >= 11 is 0. The zero-order valence-electron chi connectivity index (χ0n) is 9.41. The summed E-state index contributed by atoms with van der Waals surface area (Å²) in [4.78, 5) is 11.2. The predicted molar refractivity (Wildman–Crippen MR) is 57.4 cm³/mol. The second-order valence-electron chi connectivity index (χ2n) is 6.34. The van der Waals surface area contributed by atoms with E-state index in [1.807, 2.05) is 6.92 Å². The Balaban J connectivity index is 1.89. The third-order valence-electron chi connectivity index (χ3n) is 5.37. The minimum absolute atomic E-state index is 0.120. The van der Waals surface area contributed by atoms with Crippen LogP contribution in [-0.4, -0.2) is 11.1 Å². The van der Waals surface area contributed by atoms with Gasteiger partial charge in [0.15, 0.2) is 0 Å². The van der Waals surface area contributed by atoms with Crippen LogP contribution in [0.4, 0.5) is 0 Å². The lowest BCUT2D eigenvalue weighted by Crippen LogP contribution is -2.50. The molecule has 4 bridgehead atoms. The molecule has 84 valence electrons. The molecule has 0 heterocycles. The smallest absolute Gasteiger partial charge is 0.306 e. The van der Waals surface area contributed by atoms with E-state index in [9.17, 15) is 9.90 Å². The van der Waals surface area contributed by atoms with Crippen molar-refractivity contribution in [3.05, 3.63) is 0 Å². The first-order chi connectivity index (χ1) is 7.09. The molecule has 0 radical (unpaired) electrons. The van der Waals surface area contributed by atoms with E-state index in [4.69, 9.17) is 0 Å². The molecule has 0 aromatic rings. The molecule has 2 heteroatoms. The van der Waals surface area contributed by atoms with Gasteiger partial charge in [-0.15, -0.1) is 0 Å². The molecule has 4 saturated carbocycles. The van der Waals surface area contributed by atoms with Crippen LogP contribution in [0.25, 0.3) is 0 Å². The number of carboxylic acid groups (broad SMARTS) is 1. The molecule has 0 aromatic carbocycles. The average molecular weight is 208 g/mol. The van der Waals surface area contributed by atoms with Gasteiger partial charge >= 0.3 is 5.97 Å². The quantitative estimate of drug-likeness (QED) is 0.757. The minimum atomic E-state index is -0.572. The Bertz CT molecular complexity index is 260. The van der Waals surface area contributed by atoms with Gasteiger partial charge in [0.05, 0.1) is 5.92 Å². The van der Waals surface area contributed by atoms with Gasteiger partial charge in [0, 0.05) is 0 Å². The van der Waals surface area contributed by atoms with Crippen LogP contribution >= 0.6 is 0 Å². The summed E-state index contributed by atoms with van der Waals surface area (Å²) < 4.78 is 0. The fourth-order valence-corrected chi connectivity index (χ4v) is 4.97. The number of rotatable bonds is 2. The van der Waals surface area contributed by atoms with Crippen molar-refractivity contribution in [1.29, 1.82) is 0 Å². The third-order valence-corrected chi connectivity index (χ3v) is 5.37. The van der Waals surface area contributed by atoms with E-state index in [0.717, 1.165) is 17.8 Å². The standard InChI is InChI=1S/C13H20O2/c1-8(12(14)15)13-5-9-2-10(6-13)4-11(3-9)7-13/h8-11H,2-7H2,1H3,(H,14,15)/t8-,9?,10?,11?,13?/m1/s1. The number of aliphatic carboxylic acids is 1. The van der Waals surface area contributed by atoms with Crippen molar-refractivity contribution in [1.82, 2.24) is 0 Å². The lowest BCUT2D eigenvalue weighted by molar-refractivity contribution is -0.155. The van der Waals surface area contributed by atoms with Crippen LogP contribution in [0, 0.1) is 29.1 Å². The van der Waals surface area contributed by atoms with Crippen LogP contribution < -0.4 is 0 Å². The largest absolute Gasteiger partial charge is 0.481 e.